The van der Waals surface area contributed by atoms with Gasteiger partial charge in [-0.05, 0) is 30.6 Å². The Morgan fingerprint density at radius 1 is 1.29 bits per heavy atom. The lowest BCUT2D eigenvalue weighted by molar-refractivity contribution is 0.304. The van der Waals surface area contributed by atoms with E-state index in [0.717, 1.165) is 0 Å². The first kappa shape index (κ1) is 13.5. The third-order valence-corrected chi connectivity index (χ3v) is 2.57. The molecule has 0 heterocycles. The van der Waals surface area contributed by atoms with Crippen LogP contribution in [0.1, 0.15) is 53.4 Å². The summed E-state index contributed by atoms with van der Waals surface area (Å²) in [5, 5.41) is 0. The van der Waals surface area contributed by atoms with Crippen LogP contribution >= 0.6 is 0 Å². The van der Waals surface area contributed by atoms with E-state index in [1.54, 1.807) is 0 Å². The highest BCUT2D eigenvalue weighted by atomic mass is 14.2. The Balaban J connectivity index is 3.87. The third-order valence-electron chi connectivity index (χ3n) is 2.57. The van der Waals surface area contributed by atoms with Crippen molar-refractivity contribution in [3.63, 3.8) is 0 Å². The lowest BCUT2D eigenvalue weighted by Gasteiger charge is -2.25. The van der Waals surface area contributed by atoms with E-state index in [4.69, 9.17) is 0 Å². The van der Waals surface area contributed by atoms with E-state index in [-0.39, 0.29) is 0 Å². The summed E-state index contributed by atoms with van der Waals surface area (Å²) in [7, 11) is 0. The highest BCUT2D eigenvalue weighted by Gasteiger charge is 2.17. The van der Waals surface area contributed by atoms with Crippen molar-refractivity contribution in [2.24, 2.45) is 11.3 Å². The molecule has 0 spiro atoms. The molecule has 0 fully saturated rings. The maximum Gasteiger partial charge on any atom is -0.0259 e. The van der Waals surface area contributed by atoms with Gasteiger partial charge in [-0.3, -0.25) is 0 Å². The molecule has 0 N–H and O–H groups in total. The standard InChI is InChI=1S/C14H26/c1-6-8-9-10-11-14(4,5)12-13(3)7-2/h7,9-10,13H,2,6,8,11-12H2,1,3-5H3. The van der Waals surface area contributed by atoms with Crippen LogP contribution in [0.15, 0.2) is 24.8 Å². The molecule has 0 radical (unpaired) electrons. The Morgan fingerprint density at radius 3 is 2.43 bits per heavy atom. The minimum atomic E-state index is 0.415. The fourth-order valence-electron chi connectivity index (χ4n) is 1.73. The van der Waals surface area contributed by atoms with Crippen LogP contribution in [0.5, 0.6) is 0 Å². The van der Waals surface area contributed by atoms with E-state index in [0.29, 0.717) is 11.3 Å². The molecule has 1 unspecified atom stereocenters. The van der Waals surface area contributed by atoms with Crippen molar-refractivity contribution in [1.82, 2.24) is 0 Å². The van der Waals surface area contributed by atoms with Gasteiger partial charge in [0, 0.05) is 0 Å². The van der Waals surface area contributed by atoms with Gasteiger partial charge in [0.1, 0.15) is 0 Å². The van der Waals surface area contributed by atoms with Crippen molar-refractivity contribution in [2.75, 3.05) is 0 Å². The zero-order chi connectivity index (χ0) is 11.0. The van der Waals surface area contributed by atoms with Crippen molar-refractivity contribution in [2.45, 2.75) is 53.4 Å². The van der Waals surface area contributed by atoms with Gasteiger partial charge in [-0.2, -0.15) is 0 Å². The summed E-state index contributed by atoms with van der Waals surface area (Å²) < 4.78 is 0. The summed E-state index contributed by atoms with van der Waals surface area (Å²) in [5.74, 6) is 0.629. The lowest BCUT2D eigenvalue weighted by atomic mass is 9.80. The van der Waals surface area contributed by atoms with Gasteiger partial charge in [-0.15, -0.1) is 6.58 Å². The van der Waals surface area contributed by atoms with Gasteiger partial charge in [0.2, 0.25) is 0 Å². The second-order valence-electron chi connectivity index (χ2n) is 5.05. The molecule has 0 aliphatic heterocycles. The van der Waals surface area contributed by atoms with Gasteiger partial charge >= 0.3 is 0 Å². The summed E-state index contributed by atoms with van der Waals surface area (Å²) >= 11 is 0. The second kappa shape index (κ2) is 6.86. The summed E-state index contributed by atoms with van der Waals surface area (Å²) in [6.07, 6.45) is 11.6. The minimum Gasteiger partial charge on any atom is -0.103 e. The van der Waals surface area contributed by atoms with Crippen molar-refractivity contribution in [1.29, 1.82) is 0 Å². The smallest absolute Gasteiger partial charge is 0.0259 e. The van der Waals surface area contributed by atoms with Crippen LogP contribution in [0, 0.1) is 11.3 Å². The molecule has 0 aromatic carbocycles. The van der Waals surface area contributed by atoms with E-state index in [1.165, 1.54) is 25.7 Å². The van der Waals surface area contributed by atoms with Crippen molar-refractivity contribution in [3.8, 4) is 0 Å². The Hall–Kier alpha value is -0.520. The van der Waals surface area contributed by atoms with E-state index in [1.807, 2.05) is 0 Å². The monoisotopic (exact) mass is 194 g/mol. The predicted molar refractivity (Wildman–Crippen MR) is 66.4 cm³/mol. The van der Waals surface area contributed by atoms with Gasteiger partial charge < -0.3 is 0 Å². The molecule has 0 aliphatic carbocycles. The summed E-state index contributed by atoms with van der Waals surface area (Å²) in [4.78, 5) is 0. The molecule has 0 nitrogen and oxygen atoms in total. The molecule has 14 heavy (non-hydrogen) atoms. The topological polar surface area (TPSA) is 0 Å². The molecule has 0 heteroatoms. The van der Waals surface area contributed by atoms with Crippen LogP contribution in [0.25, 0.3) is 0 Å². The maximum absolute atomic E-state index is 3.84. The van der Waals surface area contributed by atoms with Gasteiger partial charge in [0.25, 0.3) is 0 Å². The first-order valence-corrected chi connectivity index (χ1v) is 5.79. The normalized spacial score (nSPS) is 14.6. The molecular formula is C14H26. The van der Waals surface area contributed by atoms with Crippen LogP contribution in [-0.4, -0.2) is 0 Å². The molecule has 0 amide bonds. The molecular weight excluding hydrogens is 168 g/mol. The molecule has 0 saturated heterocycles. The molecule has 1 atom stereocenters. The Morgan fingerprint density at radius 2 is 1.93 bits per heavy atom. The lowest BCUT2D eigenvalue weighted by Crippen LogP contribution is -2.13. The number of rotatable bonds is 7. The summed E-state index contributed by atoms with van der Waals surface area (Å²) in [5.41, 5.74) is 0.415. The highest BCUT2D eigenvalue weighted by molar-refractivity contribution is 4.89. The second-order valence-corrected chi connectivity index (χ2v) is 5.05. The van der Waals surface area contributed by atoms with Crippen LogP contribution in [0.4, 0.5) is 0 Å². The first-order chi connectivity index (χ1) is 6.52. The zero-order valence-corrected chi connectivity index (χ0v) is 10.3. The van der Waals surface area contributed by atoms with Crippen molar-refractivity contribution >= 4 is 0 Å². The Bertz CT molecular complexity index is 174. The summed E-state index contributed by atoms with van der Waals surface area (Å²) in [6, 6.07) is 0. The average molecular weight is 194 g/mol. The van der Waals surface area contributed by atoms with Crippen LogP contribution in [0.2, 0.25) is 0 Å². The number of hydrogen-bond donors (Lipinski definition) is 0. The van der Waals surface area contributed by atoms with E-state index in [9.17, 15) is 0 Å². The van der Waals surface area contributed by atoms with Crippen LogP contribution in [-0.2, 0) is 0 Å². The van der Waals surface area contributed by atoms with Gasteiger partial charge in [0.15, 0.2) is 0 Å². The fourth-order valence-corrected chi connectivity index (χ4v) is 1.73. The largest absolute Gasteiger partial charge is 0.103 e. The molecule has 82 valence electrons. The SMILES string of the molecule is C=CC(C)CC(C)(C)CC=CCCC. The molecule has 0 rings (SSSR count). The fraction of sp³-hybridized carbons (Fsp3) is 0.714. The minimum absolute atomic E-state index is 0.415. The van der Waals surface area contributed by atoms with E-state index in [2.05, 4.69) is 52.5 Å². The molecule has 0 aliphatic rings. The van der Waals surface area contributed by atoms with Crippen molar-refractivity contribution in [3.05, 3.63) is 24.8 Å². The molecule has 0 bridgehead atoms. The van der Waals surface area contributed by atoms with E-state index >= 15 is 0 Å². The van der Waals surface area contributed by atoms with Gasteiger partial charge in [-0.1, -0.05) is 52.3 Å². The summed E-state index contributed by atoms with van der Waals surface area (Å²) in [6.45, 7) is 13.0. The third kappa shape index (κ3) is 6.94. The highest BCUT2D eigenvalue weighted by Crippen LogP contribution is 2.30. The first-order valence-electron chi connectivity index (χ1n) is 5.79. The zero-order valence-electron chi connectivity index (χ0n) is 10.3. The van der Waals surface area contributed by atoms with Gasteiger partial charge in [0.05, 0.1) is 0 Å². The number of allylic oxidation sites excluding steroid dienone is 3. The average Bonchev–Trinajstić information content (AvgIpc) is 2.12. The molecule has 0 saturated carbocycles. The van der Waals surface area contributed by atoms with Crippen molar-refractivity contribution < 1.29 is 0 Å². The van der Waals surface area contributed by atoms with Gasteiger partial charge in [-0.25, -0.2) is 0 Å². The Kier molecular flexibility index (Phi) is 6.61. The number of hydrogen-bond acceptors (Lipinski definition) is 0. The number of unbranched alkanes of at least 4 members (excludes halogenated alkanes) is 1. The van der Waals surface area contributed by atoms with E-state index < -0.39 is 0 Å². The van der Waals surface area contributed by atoms with Crippen LogP contribution < -0.4 is 0 Å². The molecule has 0 aromatic heterocycles. The molecule has 0 aromatic rings. The Labute approximate surface area is 90.1 Å². The predicted octanol–water partition coefficient (Wildman–Crippen LogP) is 4.97. The quantitative estimate of drug-likeness (QED) is 0.502. The van der Waals surface area contributed by atoms with Crippen LogP contribution in [0.3, 0.4) is 0 Å². The maximum atomic E-state index is 3.84.